The van der Waals surface area contributed by atoms with Crippen LogP contribution in [0.5, 0.6) is 11.5 Å². The molecule has 0 amide bonds. The summed E-state index contributed by atoms with van der Waals surface area (Å²) in [4.78, 5) is -0.134. The lowest BCUT2D eigenvalue weighted by molar-refractivity contribution is -0.137. The molecule has 0 aromatic heterocycles. The molecule has 0 aliphatic carbocycles. The second kappa shape index (κ2) is 6.71. The molecule has 1 aliphatic heterocycles. The van der Waals surface area contributed by atoms with Crippen LogP contribution in [0.3, 0.4) is 0 Å². The van der Waals surface area contributed by atoms with E-state index < -0.39 is 21.8 Å². The minimum Gasteiger partial charge on any atom is -0.496 e. The molecule has 3 rings (SSSR count). The number of hydrogen-bond donors (Lipinski definition) is 1. The maximum absolute atomic E-state index is 12.8. The molecule has 1 heterocycles. The minimum absolute atomic E-state index is 0.134. The van der Waals surface area contributed by atoms with Crippen LogP contribution in [0.1, 0.15) is 17.5 Å². The highest BCUT2D eigenvalue weighted by atomic mass is 32.2. The average Bonchev–Trinajstić information content (AvgIpc) is 2.59. The molecule has 0 fully saturated rings. The van der Waals surface area contributed by atoms with Crippen molar-refractivity contribution < 1.29 is 31.1 Å². The van der Waals surface area contributed by atoms with Crippen LogP contribution in [0.2, 0.25) is 0 Å². The quantitative estimate of drug-likeness (QED) is 0.866. The fraction of sp³-hybridized carbons (Fsp3) is 0.294. The van der Waals surface area contributed by atoms with E-state index in [2.05, 4.69) is 4.72 Å². The molecule has 2 aromatic carbocycles. The first-order valence-corrected chi connectivity index (χ1v) is 9.23. The van der Waals surface area contributed by atoms with Crippen molar-refractivity contribution in [2.24, 2.45) is 0 Å². The van der Waals surface area contributed by atoms with Crippen molar-refractivity contribution in [3.05, 3.63) is 47.5 Å². The Morgan fingerprint density at radius 2 is 1.96 bits per heavy atom. The number of alkyl halides is 3. The molecule has 2 aromatic rings. The zero-order valence-electron chi connectivity index (χ0n) is 13.8. The molecule has 1 N–H and O–H groups in total. The number of fused-ring (bicyclic) bond motifs is 1. The van der Waals surface area contributed by atoms with Crippen LogP contribution in [0.15, 0.2) is 41.3 Å². The van der Waals surface area contributed by atoms with E-state index in [0.717, 1.165) is 18.2 Å². The molecule has 0 saturated heterocycles. The van der Waals surface area contributed by atoms with Crippen LogP contribution in [0, 0.1) is 0 Å². The van der Waals surface area contributed by atoms with Gasteiger partial charge in [-0.05, 0) is 43.2 Å². The standard InChI is InChI=1S/C17H16F3NO4S/c1-24-14-7-8-15(16-13(14)6-3-9-25-16)26(22,23)21-12-5-2-4-11(10-12)17(18,19)20/h2,4-5,7-8,10,21H,3,6,9H2,1H3. The van der Waals surface area contributed by atoms with Gasteiger partial charge in [-0.2, -0.15) is 13.2 Å². The minimum atomic E-state index is -4.57. The van der Waals surface area contributed by atoms with Crippen molar-refractivity contribution in [1.82, 2.24) is 0 Å². The molecule has 9 heteroatoms. The maximum atomic E-state index is 12.8. The van der Waals surface area contributed by atoms with Crippen LogP contribution in [0.25, 0.3) is 0 Å². The molecule has 0 bridgehead atoms. The lowest BCUT2D eigenvalue weighted by atomic mass is 10.1. The third-order valence-electron chi connectivity index (χ3n) is 3.95. The van der Waals surface area contributed by atoms with Gasteiger partial charge in [-0.15, -0.1) is 0 Å². The smallest absolute Gasteiger partial charge is 0.416 e. The molecule has 0 unspecified atom stereocenters. The number of ether oxygens (including phenoxy) is 2. The predicted octanol–water partition coefficient (Wildman–Crippen LogP) is 3.84. The zero-order chi connectivity index (χ0) is 18.9. The van der Waals surface area contributed by atoms with Crippen LogP contribution < -0.4 is 14.2 Å². The number of anilines is 1. The Bertz CT molecular complexity index is 926. The van der Waals surface area contributed by atoms with Gasteiger partial charge in [-0.3, -0.25) is 4.72 Å². The summed E-state index contributed by atoms with van der Waals surface area (Å²) in [6.07, 6.45) is -3.26. The van der Waals surface area contributed by atoms with Gasteiger partial charge in [0.05, 0.1) is 19.3 Å². The molecule has 0 radical (unpaired) electrons. The maximum Gasteiger partial charge on any atom is 0.416 e. The second-order valence-corrected chi connectivity index (χ2v) is 7.36. The number of hydrogen-bond acceptors (Lipinski definition) is 4. The Labute approximate surface area is 148 Å². The van der Waals surface area contributed by atoms with Crippen LogP contribution in [-0.4, -0.2) is 22.1 Å². The SMILES string of the molecule is COc1ccc(S(=O)(=O)Nc2cccc(C(F)(F)F)c2)c2c1CCCO2. The van der Waals surface area contributed by atoms with Crippen LogP contribution in [0.4, 0.5) is 18.9 Å². The lowest BCUT2D eigenvalue weighted by Gasteiger charge is -2.22. The molecule has 5 nitrogen and oxygen atoms in total. The first-order valence-electron chi connectivity index (χ1n) is 7.75. The zero-order valence-corrected chi connectivity index (χ0v) is 14.6. The summed E-state index contributed by atoms with van der Waals surface area (Å²) >= 11 is 0. The van der Waals surface area contributed by atoms with E-state index in [-0.39, 0.29) is 16.3 Å². The van der Waals surface area contributed by atoms with Crippen molar-refractivity contribution in [1.29, 1.82) is 0 Å². The number of nitrogens with one attached hydrogen (secondary N) is 1. The summed E-state index contributed by atoms with van der Waals surface area (Å²) in [5, 5.41) is 0. The highest BCUT2D eigenvalue weighted by Gasteiger charge is 2.31. The molecule has 0 saturated carbocycles. The number of rotatable bonds is 4. The van der Waals surface area contributed by atoms with E-state index in [1.165, 1.54) is 25.3 Å². The van der Waals surface area contributed by atoms with E-state index in [9.17, 15) is 21.6 Å². The molecular formula is C17H16F3NO4S. The van der Waals surface area contributed by atoms with Gasteiger partial charge in [0.2, 0.25) is 0 Å². The summed E-state index contributed by atoms with van der Waals surface area (Å²) in [6, 6.07) is 6.84. The van der Waals surface area contributed by atoms with E-state index in [4.69, 9.17) is 9.47 Å². The third kappa shape index (κ3) is 3.57. The van der Waals surface area contributed by atoms with E-state index >= 15 is 0 Å². The van der Waals surface area contributed by atoms with E-state index in [1.54, 1.807) is 0 Å². The van der Waals surface area contributed by atoms with Crippen molar-refractivity contribution >= 4 is 15.7 Å². The Morgan fingerprint density at radius 3 is 2.65 bits per heavy atom. The van der Waals surface area contributed by atoms with Crippen LogP contribution in [-0.2, 0) is 22.6 Å². The van der Waals surface area contributed by atoms with Crippen molar-refractivity contribution in [3.63, 3.8) is 0 Å². The average molecular weight is 387 g/mol. The topological polar surface area (TPSA) is 64.6 Å². The van der Waals surface area contributed by atoms with Gasteiger partial charge >= 0.3 is 6.18 Å². The lowest BCUT2D eigenvalue weighted by Crippen LogP contribution is -2.18. The Morgan fingerprint density at radius 1 is 1.19 bits per heavy atom. The van der Waals surface area contributed by atoms with Crippen molar-refractivity contribution in [3.8, 4) is 11.5 Å². The molecule has 0 spiro atoms. The first kappa shape index (κ1) is 18.4. The highest BCUT2D eigenvalue weighted by molar-refractivity contribution is 7.92. The molecule has 26 heavy (non-hydrogen) atoms. The summed E-state index contributed by atoms with van der Waals surface area (Å²) in [5.74, 6) is 0.688. The summed E-state index contributed by atoms with van der Waals surface area (Å²) in [7, 11) is -2.67. The Hall–Kier alpha value is -2.42. The van der Waals surface area contributed by atoms with Gasteiger partial charge in [0, 0.05) is 11.3 Å². The monoisotopic (exact) mass is 387 g/mol. The number of methoxy groups -OCH3 is 1. The fourth-order valence-corrected chi connectivity index (χ4v) is 4.00. The Balaban J connectivity index is 2.00. The van der Waals surface area contributed by atoms with E-state index in [0.29, 0.717) is 30.8 Å². The van der Waals surface area contributed by atoms with Gasteiger partial charge < -0.3 is 9.47 Å². The van der Waals surface area contributed by atoms with Gasteiger partial charge in [0.1, 0.15) is 16.4 Å². The second-order valence-electron chi connectivity index (χ2n) is 5.71. The van der Waals surface area contributed by atoms with Gasteiger partial charge in [-0.25, -0.2) is 8.42 Å². The summed E-state index contributed by atoms with van der Waals surface area (Å²) in [6.45, 7) is 0.353. The number of benzene rings is 2. The van der Waals surface area contributed by atoms with Crippen molar-refractivity contribution in [2.75, 3.05) is 18.4 Å². The Kier molecular flexibility index (Phi) is 4.74. The molecule has 0 atom stereocenters. The third-order valence-corrected chi connectivity index (χ3v) is 5.36. The fourth-order valence-electron chi connectivity index (χ4n) is 2.78. The number of halogens is 3. The van der Waals surface area contributed by atoms with Crippen molar-refractivity contribution in [2.45, 2.75) is 23.9 Å². The van der Waals surface area contributed by atoms with Crippen LogP contribution >= 0.6 is 0 Å². The van der Waals surface area contributed by atoms with Gasteiger partial charge in [-0.1, -0.05) is 6.07 Å². The molecule has 1 aliphatic rings. The normalized spacial score (nSPS) is 14.3. The number of sulfonamides is 1. The first-order chi connectivity index (χ1) is 12.2. The van der Waals surface area contributed by atoms with Gasteiger partial charge in [0.15, 0.2) is 0 Å². The predicted molar refractivity (Wildman–Crippen MR) is 89.1 cm³/mol. The molecule has 140 valence electrons. The summed E-state index contributed by atoms with van der Waals surface area (Å²) < 4.78 is 76.8. The largest absolute Gasteiger partial charge is 0.496 e. The highest BCUT2D eigenvalue weighted by Crippen LogP contribution is 2.39. The van der Waals surface area contributed by atoms with Gasteiger partial charge in [0.25, 0.3) is 10.0 Å². The molecular weight excluding hydrogens is 371 g/mol. The summed E-state index contributed by atoms with van der Waals surface area (Å²) in [5.41, 5.74) is -0.489. The van der Waals surface area contributed by atoms with E-state index in [1.807, 2.05) is 0 Å².